The largest absolute Gasteiger partial charge is 0.462 e. The zero-order chi connectivity index (χ0) is 49.2. The minimum absolute atomic E-state index is 0.105. The molecule has 0 rings (SSSR count). The van der Waals surface area contributed by atoms with E-state index in [1.165, 1.54) is 0 Å². The van der Waals surface area contributed by atoms with Crippen LogP contribution in [-0.4, -0.2) is 36.4 Å². The average molecular weight is 931 g/mol. The van der Waals surface area contributed by atoms with Crippen molar-refractivity contribution in [1.82, 2.24) is 0 Å². The summed E-state index contributed by atoms with van der Waals surface area (Å²) in [5, 5.41) is 9.60. The summed E-state index contributed by atoms with van der Waals surface area (Å²) < 4.78 is 10.6. The summed E-state index contributed by atoms with van der Waals surface area (Å²) in [6.45, 7) is 3.84. The van der Waals surface area contributed by atoms with Crippen molar-refractivity contribution in [2.24, 2.45) is 0 Å². The van der Waals surface area contributed by atoms with Gasteiger partial charge in [0.05, 0.1) is 6.61 Å². The molecule has 5 heteroatoms. The van der Waals surface area contributed by atoms with Gasteiger partial charge in [0, 0.05) is 12.8 Å². The summed E-state index contributed by atoms with van der Waals surface area (Å²) in [5.41, 5.74) is 0. The molecule has 0 spiro atoms. The Balaban J connectivity index is 3.74. The van der Waals surface area contributed by atoms with Crippen molar-refractivity contribution < 1.29 is 24.2 Å². The first-order valence-corrected chi connectivity index (χ1v) is 26.3. The Morgan fingerprint density at radius 3 is 0.912 bits per heavy atom. The highest BCUT2D eigenvalue weighted by atomic mass is 16.6. The van der Waals surface area contributed by atoms with E-state index in [0.29, 0.717) is 12.8 Å². The molecule has 0 aromatic heterocycles. The fourth-order valence-electron chi connectivity index (χ4n) is 6.31. The highest BCUT2D eigenvalue weighted by Crippen LogP contribution is 2.10. The molecule has 1 N–H and O–H groups in total. The number of hydrogen-bond donors (Lipinski definition) is 1. The maximum atomic E-state index is 12.2. The van der Waals surface area contributed by atoms with Crippen molar-refractivity contribution in [1.29, 1.82) is 0 Å². The highest BCUT2D eigenvalue weighted by molar-refractivity contribution is 5.70. The molecule has 1 atom stereocenters. The van der Waals surface area contributed by atoms with Gasteiger partial charge in [-0.3, -0.25) is 9.59 Å². The lowest BCUT2D eigenvalue weighted by Crippen LogP contribution is -2.28. The van der Waals surface area contributed by atoms with E-state index in [1.54, 1.807) is 0 Å². The smallest absolute Gasteiger partial charge is 0.306 e. The number of aliphatic hydroxyl groups is 1. The van der Waals surface area contributed by atoms with E-state index < -0.39 is 6.10 Å². The third kappa shape index (κ3) is 53.6. The van der Waals surface area contributed by atoms with E-state index in [-0.39, 0.29) is 31.6 Å². The number of esters is 2. The van der Waals surface area contributed by atoms with E-state index in [2.05, 4.69) is 196 Å². The Hall–Kier alpha value is -5.00. The lowest BCUT2D eigenvalue weighted by atomic mass is 10.1. The predicted molar refractivity (Wildman–Crippen MR) is 296 cm³/mol. The first-order chi connectivity index (χ1) is 33.6. The molecule has 5 nitrogen and oxygen atoms in total. The minimum atomic E-state index is -0.817. The molecule has 0 heterocycles. The summed E-state index contributed by atoms with van der Waals surface area (Å²) in [4.78, 5) is 24.4. The fourth-order valence-corrected chi connectivity index (χ4v) is 6.31. The third-order valence-electron chi connectivity index (χ3n) is 10.2. The van der Waals surface area contributed by atoms with Crippen molar-refractivity contribution >= 4 is 11.9 Å². The van der Waals surface area contributed by atoms with Gasteiger partial charge in [-0.1, -0.05) is 215 Å². The summed E-state index contributed by atoms with van der Waals surface area (Å²) in [5.74, 6) is -0.680. The van der Waals surface area contributed by atoms with Gasteiger partial charge in [-0.15, -0.1) is 0 Å². The van der Waals surface area contributed by atoms with Gasteiger partial charge in [-0.25, -0.2) is 0 Å². The van der Waals surface area contributed by atoms with E-state index in [9.17, 15) is 14.7 Å². The number of allylic oxidation sites excluding steroid dienone is 30. The lowest BCUT2D eigenvalue weighted by molar-refractivity contribution is -0.161. The summed E-state index contributed by atoms with van der Waals surface area (Å²) >= 11 is 0. The van der Waals surface area contributed by atoms with Gasteiger partial charge in [-0.2, -0.15) is 0 Å². The Bertz CT molecular complexity index is 1620. The molecule has 0 fully saturated rings. The molecule has 0 bridgehead atoms. The molecule has 0 saturated carbocycles. The molecule has 0 aliphatic carbocycles. The number of ether oxygens (including phenoxy) is 2. The standard InChI is InChI=1S/C63H94O5/c1-3-5-7-9-11-13-15-17-19-20-21-22-23-24-25-26-27-28-29-30-31-32-33-34-35-36-37-38-39-40-41-42-44-46-48-50-52-54-56-58-63(66)68-61(59-64)60-67-62(65)57-55-53-51-49-47-45-43-18-16-14-12-10-8-6-4-2/h5-8,11-14,17-19,21-22,24-25,27-28,30-31,33-34,36-37,39-40,42-44,48,50,61,64H,3-4,9-10,15-16,20,23,26,29,32,35,38,41,45-47,49,51-60H2,1-2H3/b7-5-,8-6-,13-11-,14-12-,19-17-,22-21-,25-24-,28-27-,31-30-,34-33-,37-36-,40-39-,43-18-,44-42-,50-48-. The van der Waals surface area contributed by atoms with Crippen molar-refractivity contribution in [2.75, 3.05) is 13.2 Å². The summed E-state index contributed by atoms with van der Waals surface area (Å²) in [6.07, 6.45) is 89.9. The van der Waals surface area contributed by atoms with Crippen LogP contribution in [-0.2, 0) is 19.1 Å². The zero-order valence-corrected chi connectivity index (χ0v) is 42.8. The third-order valence-corrected chi connectivity index (χ3v) is 10.2. The minimum Gasteiger partial charge on any atom is -0.462 e. The molecule has 0 aromatic rings. The normalized spacial score (nSPS) is 13.8. The number of hydrogen-bond acceptors (Lipinski definition) is 5. The van der Waals surface area contributed by atoms with Crippen LogP contribution in [0.3, 0.4) is 0 Å². The van der Waals surface area contributed by atoms with Crippen molar-refractivity contribution in [3.8, 4) is 0 Å². The van der Waals surface area contributed by atoms with Gasteiger partial charge in [0.2, 0.25) is 0 Å². The molecule has 0 amide bonds. The zero-order valence-electron chi connectivity index (χ0n) is 42.8. The van der Waals surface area contributed by atoms with Crippen LogP contribution < -0.4 is 0 Å². The first kappa shape index (κ1) is 63.0. The van der Waals surface area contributed by atoms with Gasteiger partial charge in [0.25, 0.3) is 0 Å². The Morgan fingerprint density at radius 1 is 0.338 bits per heavy atom. The second-order valence-electron chi connectivity index (χ2n) is 16.5. The number of aliphatic hydroxyl groups excluding tert-OH is 1. The van der Waals surface area contributed by atoms with Crippen LogP contribution in [0.2, 0.25) is 0 Å². The van der Waals surface area contributed by atoms with Crippen LogP contribution in [0.25, 0.3) is 0 Å². The molecule has 0 aliphatic rings. The van der Waals surface area contributed by atoms with Gasteiger partial charge < -0.3 is 14.6 Å². The van der Waals surface area contributed by atoms with Crippen molar-refractivity contribution in [3.63, 3.8) is 0 Å². The first-order valence-electron chi connectivity index (χ1n) is 26.3. The molecule has 376 valence electrons. The van der Waals surface area contributed by atoms with Crippen LogP contribution in [0.15, 0.2) is 182 Å². The highest BCUT2D eigenvalue weighted by Gasteiger charge is 2.16. The topological polar surface area (TPSA) is 72.8 Å². The molecule has 68 heavy (non-hydrogen) atoms. The second kappa shape index (κ2) is 56.3. The predicted octanol–water partition coefficient (Wildman–Crippen LogP) is 18.0. The molecular formula is C63H94O5. The molecule has 0 saturated heterocycles. The summed E-state index contributed by atoms with van der Waals surface area (Å²) in [6, 6.07) is 0. The molecule has 0 aliphatic heterocycles. The monoisotopic (exact) mass is 931 g/mol. The molecule has 0 aromatic carbocycles. The van der Waals surface area contributed by atoms with E-state index in [1.807, 2.05) is 0 Å². The molecule has 0 radical (unpaired) electrons. The molecular weight excluding hydrogens is 837 g/mol. The van der Waals surface area contributed by atoms with Crippen molar-refractivity contribution in [3.05, 3.63) is 182 Å². The van der Waals surface area contributed by atoms with Gasteiger partial charge in [0.1, 0.15) is 6.61 Å². The number of unbranched alkanes of at least 4 members (excludes halogenated alkanes) is 7. The Kier molecular flexibility index (Phi) is 52.2. The van der Waals surface area contributed by atoms with Crippen LogP contribution in [0, 0.1) is 0 Å². The quantitative estimate of drug-likeness (QED) is 0.0374. The second-order valence-corrected chi connectivity index (χ2v) is 16.5. The van der Waals surface area contributed by atoms with Gasteiger partial charge in [-0.05, 0) is 135 Å². The maximum absolute atomic E-state index is 12.2. The Morgan fingerprint density at radius 2 is 0.588 bits per heavy atom. The fraction of sp³-hybridized carbons (Fsp3) is 0.492. The summed E-state index contributed by atoms with van der Waals surface area (Å²) in [7, 11) is 0. The van der Waals surface area contributed by atoms with E-state index in [4.69, 9.17) is 9.47 Å². The van der Waals surface area contributed by atoms with Crippen LogP contribution in [0.4, 0.5) is 0 Å². The van der Waals surface area contributed by atoms with Crippen LogP contribution in [0.5, 0.6) is 0 Å². The molecule has 1 unspecified atom stereocenters. The van der Waals surface area contributed by atoms with Gasteiger partial charge >= 0.3 is 11.9 Å². The SMILES string of the molecule is CC/C=C\C/C=C\C/C=C\C/C=C\C/C=C\C/C=C\C/C=C\C/C=C\C/C=C\C/C=C\C/C=C\C/C=C\CCCCC(=O)OC(CO)COC(=O)CCCCCCC/C=C\C/C=C\C/C=C\CC. The number of rotatable bonds is 45. The van der Waals surface area contributed by atoms with E-state index in [0.717, 1.165) is 148 Å². The number of carbonyl (C=O) groups is 2. The lowest BCUT2D eigenvalue weighted by Gasteiger charge is -2.15. The van der Waals surface area contributed by atoms with Crippen LogP contribution in [0.1, 0.15) is 181 Å². The van der Waals surface area contributed by atoms with Gasteiger partial charge in [0.15, 0.2) is 6.10 Å². The Labute approximate surface area is 416 Å². The van der Waals surface area contributed by atoms with E-state index >= 15 is 0 Å². The van der Waals surface area contributed by atoms with Crippen LogP contribution >= 0.6 is 0 Å². The number of carbonyl (C=O) groups excluding carboxylic acids is 2. The van der Waals surface area contributed by atoms with Crippen molar-refractivity contribution in [2.45, 2.75) is 187 Å². The maximum Gasteiger partial charge on any atom is 0.306 e. The average Bonchev–Trinajstić information content (AvgIpc) is 3.34.